The molecule has 3 nitrogen and oxygen atoms in total. The zero-order chi connectivity index (χ0) is 11.5. The molecule has 0 unspecified atom stereocenters. The molecule has 1 heterocycles. The summed E-state index contributed by atoms with van der Waals surface area (Å²) in [4.78, 5) is 11.6. The van der Waals surface area contributed by atoms with E-state index in [1.54, 1.807) is 18.2 Å². The van der Waals surface area contributed by atoms with E-state index in [2.05, 4.69) is 5.32 Å². The zero-order valence-corrected chi connectivity index (χ0v) is 10.0. The molecule has 0 bridgehead atoms. The third-order valence-corrected chi connectivity index (χ3v) is 3.12. The molecule has 1 N–H and O–H groups in total. The van der Waals surface area contributed by atoms with Crippen molar-refractivity contribution < 1.29 is 9.53 Å². The Hall–Kier alpha value is -0.770. The van der Waals surface area contributed by atoms with Gasteiger partial charge in [0.1, 0.15) is 0 Å². The molecule has 5 heteroatoms. The van der Waals surface area contributed by atoms with E-state index in [0.29, 0.717) is 41.3 Å². The fourth-order valence-electron chi connectivity index (χ4n) is 1.45. The number of benzene rings is 1. The fraction of sp³-hybridized carbons (Fsp3) is 0.364. The lowest BCUT2D eigenvalue weighted by atomic mass is 10.0. The number of hydrogen-bond acceptors (Lipinski definition) is 2. The molecule has 0 aliphatic carbocycles. The van der Waals surface area contributed by atoms with Crippen molar-refractivity contribution in [2.45, 2.75) is 6.42 Å². The van der Waals surface area contributed by atoms with Gasteiger partial charge in [0, 0.05) is 18.0 Å². The number of hydrogen-bond donors (Lipinski definition) is 1. The fourth-order valence-corrected chi connectivity index (χ4v) is 1.75. The van der Waals surface area contributed by atoms with Gasteiger partial charge in [-0.3, -0.25) is 4.79 Å². The number of anilines is 1. The SMILES string of the molecule is O=C(CC1COC1)Nc1ccc(Cl)c(Cl)c1. The number of halogens is 2. The predicted molar refractivity (Wildman–Crippen MR) is 64.0 cm³/mol. The van der Waals surface area contributed by atoms with Crippen LogP contribution in [0.1, 0.15) is 6.42 Å². The van der Waals surface area contributed by atoms with Gasteiger partial charge in [-0.15, -0.1) is 0 Å². The second kappa shape index (κ2) is 5.04. The first-order chi connectivity index (χ1) is 7.65. The molecule has 0 saturated carbocycles. The Morgan fingerprint density at radius 3 is 2.69 bits per heavy atom. The highest BCUT2D eigenvalue weighted by atomic mass is 35.5. The van der Waals surface area contributed by atoms with E-state index in [9.17, 15) is 4.79 Å². The highest BCUT2D eigenvalue weighted by molar-refractivity contribution is 6.42. The van der Waals surface area contributed by atoms with Gasteiger partial charge in [-0.05, 0) is 18.2 Å². The van der Waals surface area contributed by atoms with E-state index in [1.807, 2.05) is 0 Å². The van der Waals surface area contributed by atoms with E-state index < -0.39 is 0 Å². The van der Waals surface area contributed by atoms with E-state index in [4.69, 9.17) is 27.9 Å². The number of amides is 1. The van der Waals surface area contributed by atoms with E-state index in [0.717, 1.165) is 0 Å². The van der Waals surface area contributed by atoms with Crippen molar-refractivity contribution in [3.63, 3.8) is 0 Å². The molecular formula is C11H11Cl2NO2. The number of ether oxygens (including phenoxy) is 1. The molecule has 1 aliphatic rings. The number of carbonyl (C=O) groups excluding carboxylic acids is 1. The minimum atomic E-state index is -0.0216. The molecule has 0 atom stereocenters. The van der Waals surface area contributed by atoms with Gasteiger partial charge in [-0.2, -0.15) is 0 Å². The maximum absolute atomic E-state index is 11.6. The largest absolute Gasteiger partial charge is 0.381 e. The maximum atomic E-state index is 11.6. The van der Waals surface area contributed by atoms with Gasteiger partial charge in [0.05, 0.1) is 23.3 Å². The molecule has 0 aromatic heterocycles. The third kappa shape index (κ3) is 2.88. The quantitative estimate of drug-likeness (QED) is 0.907. The smallest absolute Gasteiger partial charge is 0.224 e. The maximum Gasteiger partial charge on any atom is 0.224 e. The van der Waals surface area contributed by atoms with Crippen molar-refractivity contribution in [2.75, 3.05) is 18.5 Å². The lowest BCUT2D eigenvalue weighted by molar-refractivity contribution is -0.121. The predicted octanol–water partition coefficient (Wildman–Crippen LogP) is 2.97. The Morgan fingerprint density at radius 1 is 1.38 bits per heavy atom. The van der Waals surface area contributed by atoms with Crippen molar-refractivity contribution >= 4 is 34.8 Å². The van der Waals surface area contributed by atoms with Crippen LogP contribution in [0.5, 0.6) is 0 Å². The van der Waals surface area contributed by atoms with Crippen molar-refractivity contribution in [1.29, 1.82) is 0 Å². The van der Waals surface area contributed by atoms with Gasteiger partial charge in [0.15, 0.2) is 0 Å². The summed E-state index contributed by atoms with van der Waals surface area (Å²) >= 11 is 11.6. The van der Waals surface area contributed by atoms with Gasteiger partial charge >= 0.3 is 0 Å². The Balaban J connectivity index is 1.92. The molecule has 1 aromatic rings. The van der Waals surface area contributed by atoms with Crippen molar-refractivity contribution in [2.24, 2.45) is 5.92 Å². The second-order valence-corrected chi connectivity index (χ2v) is 4.60. The number of carbonyl (C=O) groups is 1. The van der Waals surface area contributed by atoms with Crippen LogP contribution in [0.2, 0.25) is 10.0 Å². The Labute approximate surface area is 104 Å². The Bertz CT molecular complexity index is 405. The summed E-state index contributed by atoms with van der Waals surface area (Å²) in [5, 5.41) is 3.69. The molecule has 16 heavy (non-hydrogen) atoms. The summed E-state index contributed by atoms with van der Waals surface area (Å²) < 4.78 is 5.00. The molecule has 1 amide bonds. The van der Waals surface area contributed by atoms with Gasteiger partial charge in [0.25, 0.3) is 0 Å². The molecule has 1 aromatic carbocycles. The molecule has 0 spiro atoms. The zero-order valence-electron chi connectivity index (χ0n) is 8.50. The standard InChI is InChI=1S/C11H11Cl2NO2/c12-9-2-1-8(4-10(9)13)14-11(15)3-7-5-16-6-7/h1-2,4,7H,3,5-6H2,(H,14,15). The molecule has 1 aliphatic heterocycles. The van der Waals surface area contributed by atoms with E-state index >= 15 is 0 Å². The summed E-state index contributed by atoms with van der Waals surface area (Å²) in [6.07, 6.45) is 0.486. The molecule has 0 radical (unpaired) electrons. The van der Waals surface area contributed by atoms with Crippen LogP contribution in [0.15, 0.2) is 18.2 Å². The van der Waals surface area contributed by atoms with Crippen LogP contribution in [-0.4, -0.2) is 19.1 Å². The monoisotopic (exact) mass is 259 g/mol. The topological polar surface area (TPSA) is 38.3 Å². The minimum Gasteiger partial charge on any atom is -0.381 e. The Morgan fingerprint density at radius 2 is 2.12 bits per heavy atom. The number of rotatable bonds is 3. The minimum absolute atomic E-state index is 0.0216. The van der Waals surface area contributed by atoms with Crippen LogP contribution >= 0.6 is 23.2 Å². The second-order valence-electron chi connectivity index (χ2n) is 3.78. The average Bonchev–Trinajstić information content (AvgIpc) is 2.18. The summed E-state index contributed by atoms with van der Waals surface area (Å²) in [6, 6.07) is 5.02. The molecule has 1 saturated heterocycles. The van der Waals surface area contributed by atoms with Crippen molar-refractivity contribution in [3.05, 3.63) is 28.2 Å². The third-order valence-electron chi connectivity index (χ3n) is 2.38. The van der Waals surface area contributed by atoms with Crippen LogP contribution in [0.3, 0.4) is 0 Å². The lowest BCUT2D eigenvalue weighted by Gasteiger charge is -2.25. The van der Waals surface area contributed by atoms with Gasteiger partial charge in [-0.1, -0.05) is 23.2 Å². The highest BCUT2D eigenvalue weighted by Crippen LogP contribution is 2.25. The van der Waals surface area contributed by atoms with Crippen molar-refractivity contribution in [3.8, 4) is 0 Å². The first-order valence-corrected chi connectivity index (χ1v) is 5.73. The molecule has 1 fully saturated rings. The highest BCUT2D eigenvalue weighted by Gasteiger charge is 2.21. The van der Waals surface area contributed by atoms with E-state index in [-0.39, 0.29) is 5.91 Å². The van der Waals surface area contributed by atoms with Crippen LogP contribution in [0.4, 0.5) is 5.69 Å². The normalized spacial score (nSPS) is 15.6. The molecular weight excluding hydrogens is 249 g/mol. The van der Waals surface area contributed by atoms with Crippen LogP contribution < -0.4 is 5.32 Å². The lowest BCUT2D eigenvalue weighted by Crippen LogP contribution is -2.31. The van der Waals surface area contributed by atoms with E-state index in [1.165, 1.54) is 0 Å². The molecule has 2 rings (SSSR count). The molecule has 86 valence electrons. The van der Waals surface area contributed by atoms with Crippen molar-refractivity contribution in [1.82, 2.24) is 0 Å². The summed E-state index contributed by atoms with van der Waals surface area (Å²) in [6.45, 7) is 1.35. The Kier molecular flexibility index (Phi) is 3.69. The number of nitrogens with one attached hydrogen (secondary N) is 1. The summed E-state index contributed by atoms with van der Waals surface area (Å²) in [7, 11) is 0. The van der Waals surface area contributed by atoms with Crippen LogP contribution in [0, 0.1) is 5.92 Å². The summed E-state index contributed by atoms with van der Waals surface area (Å²) in [5.74, 6) is 0.328. The van der Waals surface area contributed by atoms with Gasteiger partial charge in [-0.25, -0.2) is 0 Å². The van der Waals surface area contributed by atoms with Crippen LogP contribution in [-0.2, 0) is 9.53 Å². The average molecular weight is 260 g/mol. The van der Waals surface area contributed by atoms with Gasteiger partial charge < -0.3 is 10.1 Å². The summed E-state index contributed by atoms with van der Waals surface area (Å²) in [5.41, 5.74) is 0.666. The van der Waals surface area contributed by atoms with Crippen LogP contribution in [0.25, 0.3) is 0 Å². The first-order valence-electron chi connectivity index (χ1n) is 4.98. The van der Waals surface area contributed by atoms with Gasteiger partial charge in [0.2, 0.25) is 5.91 Å². The first kappa shape index (κ1) is 11.7.